The quantitative estimate of drug-likeness (QED) is 0.943. The first-order chi connectivity index (χ1) is 9.38. The zero-order valence-electron chi connectivity index (χ0n) is 10.2. The van der Waals surface area contributed by atoms with E-state index < -0.39 is 15.8 Å². The fourth-order valence-corrected chi connectivity index (χ4v) is 2.24. The number of benzene rings is 2. The van der Waals surface area contributed by atoms with Crippen molar-refractivity contribution >= 4 is 21.6 Å². The maximum absolute atomic E-state index is 13.2. The first kappa shape index (κ1) is 14.8. The molecule has 0 unspecified atom stereocenters. The molecular formula is C13H11ClFNO3S. The fourth-order valence-electron chi connectivity index (χ4n) is 1.55. The molecule has 2 rings (SSSR count). The van der Waals surface area contributed by atoms with E-state index in [0.717, 1.165) is 0 Å². The predicted octanol–water partition coefficient (Wildman–Crippen LogP) is 2.71. The van der Waals surface area contributed by atoms with E-state index in [4.69, 9.17) is 21.5 Å². The van der Waals surface area contributed by atoms with Gasteiger partial charge in [-0.1, -0.05) is 23.7 Å². The number of sulfonamides is 1. The first-order valence-electron chi connectivity index (χ1n) is 5.56. The largest absolute Gasteiger partial charge is 0.489 e. The van der Waals surface area contributed by atoms with Crippen LogP contribution in [0, 0.1) is 5.82 Å². The van der Waals surface area contributed by atoms with Crippen LogP contribution in [-0.4, -0.2) is 8.42 Å². The zero-order chi connectivity index (χ0) is 14.8. The number of ether oxygens (including phenoxy) is 1. The Morgan fingerprint density at radius 2 is 1.80 bits per heavy atom. The lowest BCUT2D eigenvalue weighted by atomic mass is 10.2. The van der Waals surface area contributed by atoms with Crippen LogP contribution in [0.5, 0.6) is 5.75 Å². The summed E-state index contributed by atoms with van der Waals surface area (Å²) < 4.78 is 40.8. The van der Waals surface area contributed by atoms with Gasteiger partial charge in [0.1, 0.15) is 18.2 Å². The minimum atomic E-state index is -3.73. The summed E-state index contributed by atoms with van der Waals surface area (Å²) in [6.45, 7) is 0.0747. The second-order valence-electron chi connectivity index (χ2n) is 4.02. The van der Waals surface area contributed by atoms with Crippen LogP contribution in [0.4, 0.5) is 4.39 Å². The third-order valence-electron chi connectivity index (χ3n) is 2.58. The smallest absolute Gasteiger partial charge is 0.238 e. The van der Waals surface area contributed by atoms with Crippen LogP contribution in [0.25, 0.3) is 0 Å². The summed E-state index contributed by atoms with van der Waals surface area (Å²) in [4.78, 5) is -0.00589. The average molecular weight is 316 g/mol. The molecule has 7 heteroatoms. The topological polar surface area (TPSA) is 69.4 Å². The van der Waals surface area contributed by atoms with Gasteiger partial charge in [0.2, 0.25) is 10.0 Å². The van der Waals surface area contributed by atoms with Crippen molar-refractivity contribution in [2.45, 2.75) is 11.5 Å². The average Bonchev–Trinajstić information content (AvgIpc) is 2.40. The summed E-state index contributed by atoms with van der Waals surface area (Å²) in [7, 11) is -3.73. The molecule has 20 heavy (non-hydrogen) atoms. The van der Waals surface area contributed by atoms with Gasteiger partial charge >= 0.3 is 0 Å². The highest BCUT2D eigenvalue weighted by molar-refractivity contribution is 7.89. The standard InChI is InChI=1S/C13H11ClFNO3S/c14-13-9(2-1-3-12(13)15)8-19-10-4-6-11(7-5-10)20(16,17)18/h1-7H,8H2,(H2,16,17,18). The van der Waals surface area contributed by atoms with Gasteiger partial charge in [0.25, 0.3) is 0 Å². The number of primary sulfonamides is 1. The number of hydrogen-bond donors (Lipinski definition) is 1. The van der Waals surface area contributed by atoms with E-state index in [2.05, 4.69) is 0 Å². The summed E-state index contributed by atoms with van der Waals surface area (Å²) in [5.41, 5.74) is 0.502. The van der Waals surface area contributed by atoms with Gasteiger partial charge in [-0.3, -0.25) is 0 Å². The molecule has 2 N–H and O–H groups in total. The van der Waals surface area contributed by atoms with Gasteiger partial charge in [-0.2, -0.15) is 0 Å². The van der Waals surface area contributed by atoms with Crippen LogP contribution in [-0.2, 0) is 16.6 Å². The third-order valence-corrected chi connectivity index (χ3v) is 3.93. The molecule has 0 heterocycles. The SMILES string of the molecule is NS(=O)(=O)c1ccc(OCc2cccc(F)c2Cl)cc1. The summed E-state index contributed by atoms with van der Waals surface area (Å²) in [6.07, 6.45) is 0. The molecule has 2 aromatic carbocycles. The number of halogens is 2. The molecular weight excluding hydrogens is 305 g/mol. The van der Waals surface area contributed by atoms with Gasteiger partial charge in [-0.25, -0.2) is 17.9 Å². The molecule has 0 bridgehead atoms. The normalized spacial score (nSPS) is 11.3. The van der Waals surface area contributed by atoms with Crippen molar-refractivity contribution in [3.8, 4) is 5.75 Å². The molecule has 2 aromatic rings. The molecule has 0 fully saturated rings. The second-order valence-corrected chi connectivity index (χ2v) is 5.96. The molecule has 0 saturated heterocycles. The summed E-state index contributed by atoms with van der Waals surface area (Å²) in [5, 5.41) is 4.99. The van der Waals surface area contributed by atoms with Crippen LogP contribution < -0.4 is 9.88 Å². The van der Waals surface area contributed by atoms with Gasteiger partial charge in [0, 0.05) is 5.56 Å². The lowest BCUT2D eigenvalue weighted by Gasteiger charge is -2.08. The molecule has 0 aromatic heterocycles. The Kier molecular flexibility index (Phi) is 4.27. The van der Waals surface area contributed by atoms with Crippen molar-refractivity contribution < 1.29 is 17.5 Å². The molecule has 0 aliphatic carbocycles. The van der Waals surface area contributed by atoms with E-state index >= 15 is 0 Å². The van der Waals surface area contributed by atoms with Crippen LogP contribution >= 0.6 is 11.6 Å². The highest BCUT2D eigenvalue weighted by Crippen LogP contribution is 2.22. The molecule has 0 aliphatic rings. The molecule has 0 spiro atoms. The third kappa shape index (κ3) is 3.47. The monoisotopic (exact) mass is 315 g/mol. The summed E-state index contributed by atoms with van der Waals surface area (Å²) in [6, 6.07) is 10.0. The van der Waals surface area contributed by atoms with E-state index in [9.17, 15) is 12.8 Å². The van der Waals surface area contributed by atoms with Crippen LogP contribution in [0.1, 0.15) is 5.56 Å². The predicted molar refractivity (Wildman–Crippen MR) is 73.6 cm³/mol. The molecule has 106 valence electrons. The van der Waals surface area contributed by atoms with Crippen LogP contribution in [0.15, 0.2) is 47.4 Å². The Bertz CT molecular complexity index is 717. The van der Waals surface area contributed by atoms with Crippen molar-refractivity contribution in [2.75, 3.05) is 0 Å². The Labute approximate surface area is 121 Å². The Morgan fingerprint density at radius 1 is 1.15 bits per heavy atom. The van der Waals surface area contributed by atoms with Crippen LogP contribution in [0.3, 0.4) is 0 Å². The Hall–Kier alpha value is -1.63. The maximum Gasteiger partial charge on any atom is 0.238 e. The van der Waals surface area contributed by atoms with Gasteiger partial charge in [-0.05, 0) is 30.3 Å². The Morgan fingerprint density at radius 3 is 2.40 bits per heavy atom. The lowest BCUT2D eigenvalue weighted by molar-refractivity contribution is 0.305. The van der Waals surface area contributed by atoms with Gasteiger partial charge < -0.3 is 4.74 Å². The highest BCUT2D eigenvalue weighted by atomic mass is 35.5. The van der Waals surface area contributed by atoms with Crippen molar-refractivity contribution in [3.05, 3.63) is 58.9 Å². The minimum Gasteiger partial charge on any atom is -0.489 e. The van der Waals surface area contributed by atoms with E-state index in [1.54, 1.807) is 6.07 Å². The molecule has 4 nitrogen and oxygen atoms in total. The molecule has 0 atom stereocenters. The summed E-state index contributed by atoms with van der Waals surface area (Å²) in [5.74, 6) is -0.0879. The highest BCUT2D eigenvalue weighted by Gasteiger charge is 2.08. The second kappa shape index (κ2) is 5.78. The van der Waals surface area contributed by atoms with Crippen molar-refractivity contribution in [2.24, 2.45) is 5.14 Å². The van der Waals surface area contributed by atoms with E-state index in [0.29, 0.717) is 11.3 Å². The molecule has 0 amide bonds. The maximum atomic E-state index is 13.2. The molecule has 0 saturated carbocycles. The van der Waals surface area contributed by atoms with Gasteiger partial charge in [0.15, 0.2) is 0 Å². The lowest BCUT2D eigenvalue weighted by Crippen LogP contribution is -2.11. The fraction of sp³-hybridized carbons (Fsp3) is 0.0769. The first-order valence-corrected chi connectivity index (χ1v) is 7.49. The van der Waals surface area contributed by atoms with Gasteiger partial charge in [-0.15, -0.1) is 0 Å². The number of hydrogen-bond acceptors (Lipinski definition) is 3. The van der Waals surface area contributed by atoms with E-state index in [1.165, 1.54) is 36.4 Å². The molecule has 0 aliphatic heterocycles. The zero-order valence-corrected chi connectivity index (χ0v) is 11.8. The number of rotatable bonds is 4. The van der Waals surface area contributed by atoms with E-state index in [-0.39, 0.29) is 16.5 Å². The van der Waals surface area contributed by atoms with Crippen molar-refractivity contribution in [1.29, 1.82) is 0 Å². The van der Waals surface area contributed by atoms with E-state index in [1.807, 2.05) is 0 Å². The van der Waals surface area contributed by atoms with Crippen molar-refractivity contribution in [3.63, 3.8) is 0 Å². The summed E-state index contributed by atoms with van der Waals surface area (Å²) >= 11 is 5.79. The van der Waals surface area contributed by atoms with Gasteiger partial charge in [0.05, 0.1) is 9.92 Å². The minimum absolute atomic E-state index is 0.00589. The molecule has 0 radical (unpaired) electrons. The number of nitrogens with two attached hydrogens (primary N) is 1. The van der Waals surface area contributed by atoms with Crippen molar-refractivity contribution in [1.82, 2.24) is 0 Å². The Balaban J connectivity index is 2.10. The van der Waals surface area contributed by atoms with Crippen LogP contribution in [0.2, 0.25) is 5.02 Å².